The molecule has 6 rings (SSSR count). The Balaban J connectivity index is 1.24. The number of aromatic nitrogens is 3. The van der Waals surface area contributed by atoms with Gasteiger partial charge in [-0.2, -0.15) is 4.98 Å². The SMILES string of the molecule is Cc1ccc(Nc2ncc3ccn(-c4cc(F)c(CN5CCOCC5)c(F)c4)c3n2)cc1CN1CCNCC1=O. The fourth-order valence-corrected chi connectivity index (χ4v) is 5.12. The number of benzene rings is 2. The molecule has 0 atom stereocenters. The molecule has 9 nitrogen and oxygen atoms in total. The second kappa shape index (κ2) is 11.3. The number of nitrogens with one attached hydrogen (secondary N) is 2. The molecule has 0 aliphatic carbocycles. The van der Waals surface area contributed by atoms with Crippen molar-refractivity contribution in [3.63, 3.8) is 0 Å². The van der Waals surface area contributed by atoms with E-state index in [4.69, 9.17) is 4.74 Å². The molecule has 0 radical (unpaired) electrons. The Morgan fingerprint density at radius 2 is 1.85 bits per heavy atom. The Labute approximate surface area is 230 Å². The topological polar surface area (TPSA) is 87.6 Å². The zero-order valence-corrected chi connectivity index (χ0v) is 22.3. The number of amides is 1. The van der Waals surface area contributed by atoms with Crippen LogP contribution in [0.2, 0.25) is 0 Å². The van der Waals surface area contributed by atoms with Gasteiger partial charge >= 0.3 is 0 Å². The van der Waals surface area contributed by atoms with Crippen molar-refractivity contribution in [2.45, 2.75) is 20.0 Å². The minimum absolute atomic E-state index is 0.0526. The lowest BCUT2D eigenvalue weighted by molar-refractivity contribution is -0.132. The molecule has 2 aliphatic heterocycles. The molecule has 0 unspecified atom stereocenters. The summed E-state index contributed by atoms with van der Waals surface area (Å²) in [5.41, 5.74) is 3.83. The summed E-state index contributed by atoms with van der Waals surface area (Å²) in [4.78, 5) is 25.2. The monoisotopic (exact) mass is 547 g/mol. The molecule has 208 valence electrons. The van der Waals surface area contributed by atoms with Crippen LogP contribution < -0.4 is 10.6 Å². The van der Waals surface area contributed by atoms with Crippen molar-refractivity contribution >= 4 is 28.6 Å². The van der Waals surface area contributed by atoms with Gasteiger partial charge in [-0.1, -0.05) is 6.07 Å². The first-order chi connectivity index (χ1) is 19.4. The summed E-state index contributed by atoms with van der Waals surface area (Å²) in [6.45, 7) is 6.97. The fraction of sp³-hybridized carbons (Fsp3) is 0.345. The van der Waals surface area contributed by atoms with Gasteiger partial charge in [-0.3, -0.25) is 9.69 Å². The normalized spacial score (nSPS) is 16.6. The Kier molecular flexibility index (Phi) is 7.42. The minimum Gasteiger partial charge on any atom is -0.379 e. The van der Waals surface area contributed by atoms with Gasteiger partial charge in [-0.15, -0.1) is 0 Å². The summed E-state index contributed by atoms with van der Waals surface area (Å²) >= 11 is 0. The van der Waals surface area contributed by atoms with E-state index >= 15 is 8.78 Å². The first kappa shape index (κ1) is 26.3. The molecule has 4 aromatic rings. The first-order valence-corrected chi connectivity index (χ1v) is 13.4. The van der Waals surface area contributed by atoms with E-state index in [-0.39, 0.29) is 18.0 Å². The van der Waals surface area contributed by atoms with Crippen molar-refractivity contribution in [2.75, 3.05) is 51.3 Å². The van der Waals surface area contributed by atoms with Crippen LogP contribution in [-0.2, 0) is 22.6 Å². The van der Waals surface area contributed by atoms with E-state index in [0.717, 1.165) is 28.7 Å². The number of piperazine rings is 1. The van der Waals surface area contributed by atoms with Gasteiger partial charge in [-0.25, -0.2) is 13.8 Å². The average molecular weight is 548 g/mol. The van der Waals surface area contributed by atoms with Gasteiger partial charge in [0.2, 0.25) is 11.9 Å². The zero-order valence-electron chi connectivity index (χ0n) is 22.3. The summed E-state index contributed by atoms with van der Waals surface area (Å²) in [5.74, 6) is -0.747. The van der Waals surface area contributed by atoms with Gasteiger partial charge in [0, 0.05) is 68.3 Å². The van der Waals surface area contributed by atoms with Crippen molar-refractivity contribution in [3.8, 4) is 5.69 Å². The maximum atomic E-state index is 15.1. The number of hydrogen-bond acceptors (Lipinski definition) is 7. The molecule has 2 fully saturated rings. The average Bonchev–Trinajstić information content (AvgIpc) is 3.37. The van der Waals surface area contributed by atoms with E-state index in [0.29, 0.717) is 63.2 Å². The predicted molar refractivity (Wildman–Crippen MR) is 148 cm³/mol. The fourth-order valence-electron chi connectivity index (χ4n) is 5.12. The van der Waals surface area contributed by atoms with Crippen LogP contribution >= 0.6 is 0 Å². The molecule has 2 N–H and O–H groups in total. The number of halogens is 2. The summed E-state index contributed by atoms with van der Waals surface area (Å²) in [6, 6.07) is 10.4. The lowest BCUT2D eigenvalue weighted by Gasteiger charge is -2.28. The Morgan fingerprint density at radius 1 is 1.05 bits per heavy atom. The van der Waals surface area contributed by atoms with Crippen LogP contribution in [0.25, 0.3) is 16.7 Å². The number of nitrogens with zero attached hydrogens (tertiary/aromatic N) is 5. The standard InChI is InChI=1S/C29H31F2N7O2/c1-19-2-3-22(12-21(19)17-37-7-5-32-16-27(37)39)34-29-33-15-20-4-6-38(28(20)35-29)23-13-25(30)24(26(31)14-23)18-36-8-10-40-11-9-36/h2-4,6,12-15,32H,5,7-11,16-18H2,1H3,(H,33,34,35). The van der Waals surface area contributed by atoms with Crippen LogP contribution in [0.1, 0.15) is 16.7 Å². The van der Waals surface area contributed by atoms with E-state index in [1.54, 1.807) is 17.0 Å². The smallest absolute Gasteiger partial charge is 0.236 e. The van der Waals surface area contributed by atoms with Crippen molar-refractivity contribution in [1.29, 1.82) is 0 Å². The van der Waals surface area contributed by atoms with E-state index < -0.39 is 11.6 Å². The molecule has 2 aliphatic rings. The van der Waals surface area contributed by atoms with Crippen LogP contribution in [0.15, 0.2) is 48.8 Å². The summed E-state index contributed by atoms with van der Waals surface area (Å²) in [6.07, 6.45) is 3.41. The van der Waals surface area contributed by atoms with Gasteiger partial charge in [0.1, 0.15) is 17.3 Å². The van der Waals surface area contributed by atoms with E-state index in [9.17, 15) is 4.79 Å². The molecule has 2 aromatic heterocycles. The first-order valence-electron chi connectivity index (χ1n) is 13.4. The van der Waals surface area contributed by atoms with E-state index in [1.165, 1.54) is 12.1 Å². The number of carbonyl (C=O) groups is 1. The van der Waals surface area contributed by atoms with E-state index in [2.05, 4.69) is 20.6 Å². The Bertz CT molecular complexity index is 1530. The van der Waals surface area contributed by atoms with E-state index in [1.807, 2.05) is 41.0 Å². The van der Waals surface area contributed by atoms with Crippen LogP contribution in [-0.4, -0.2) is 76.2 Å². The van der Waals surface area contributed by atoms with Crippen LogP contribution in [0.3, 0.4) is 0 Å². The minimum atomic E-state index is -0.592. The third-order valence-electron chi connectivity index (χ3n) is 7.47. The summed E-state index contributed by atoms with van der Waals surface area (Å²) in [5, 5.41) is 7.08. The van der Waals surface area contributed by atoms with Gasteiger partial charge in [0.15, 0.2) is 0 Å². The highest BCUT2D eigenvalue weighted by Gasteiger charge is 2.20. The zero-order chi connectivity index (χ0) is 27.6. The molecule has 2 saturated heterocycles. The second-order valence-corrected chi connectivity index (χ2v) is 10.2. The largest absolute Gasteiger partial charge is 0.379 e. The third kappa shape index (κ3) is 5.53. The Morgan fingerprint density at radius 3 is 2.62 bits per heavy atom. The highest BCUT2D eigenvalue weighted by molar-refractivity contribution is 5.80. The molecule has 0 bridgehead atoms. The highest BCUT2D eigenvalue weighted by Crippen LogP contribution is 2.26. The molecule has 11 heteroatoms. The maximum absolute atomic E-state index is 15.1. The maximum Gasteiger partial charge on any atom is 0.236 e. The van der Waals surface area contributed by atoms with Crippen LogP contribution in [0.4, 0.5) is 20.4 Å². The molecule has 0 spiro atoms. The lowest BCUT2D eigenvalue weighted by Crippen LogP contribution is -2.47. The number of hydrogen-bond donors (Lipinski definition) is 2. The van der Waals surface area contributed by atoms with Gasteiger partial charge < -0.3 is 24.8 Å². The number of anilines is 2. The van der Waals surface area contributed by atoms with Gasteiger partial charge in [0.05, 0.1) is 25.4 Å². The predicted octanol–water partition coefficient (Wildman–Crippen LogP) is 3.51. The van der Waals surface area contributed by atoms with Gasteiger partial charge in [0.25, 0.3) is 0 Å². The molecular weight excluding hydrogens is 516 g/mol. The molecule has 4 heterocycles. The third-order valence-corrected chi connectivity index (χ3v) is 7.47. The summed E-state index contributed by atoms with van der Waals surface area (Å²) in [7, 11) is 0. The van der Waals surface area contributed by atoms with Crippen molar-refractivity contribution < 1.29 is 18.3 Å². The van der Waals surface area contributed by atoms with Crippen LogP contribution in [0.5, 0.6) is 0 Å². The van der Waals surface area contributed by atoms with Gasteiger partial charge in [-0.05, 0) is 48.4 Å². The van der Waals surface area contributed by atoms with Crippen LogP contribution in [0, 0.1) is 18.6 Å². The molecule has 40 heavy (non-hydrogen) atoms. The molecular formula is C29H31F2N7O2. The molecule has 1 amide bonds. The van der Waals surface area contributed by atoms with Crippen molar-refractivity contribution in [2.24, 2.45) is 0 Å². The molecule has 2 aromatic carbocycles. The molecule has 0 saturated carbocycles. The number of rotatable bonds is 7. The lowest BCUT2D eigenvalue weighted by atomic mass is 10.1. The number of morpholine rings is 1. The quantitative estimate of drug-likeness (QED) is 0.366. The number of fused-ring (bicyclic) bond motifs is 1. The van der Waals surface area contributed by atoms with Crippen molar-refractivity contribution in [1.82, 2.24) is 29.7 Å². The number of ether oxygens (including phenoxy) is 1. The van der Waals surface area contributed by atoms with Crippen molar-refractivity contribution in [3.05, 3.63) is 77.1 Å². The second-order valence-electron chi connectivity index (χ2n) is 10.2. The number of carbonyl (C=O) groups excluding carboxylic acids is 1. The summed E-state index contributed by atoms with van der Waals surface area (Å²) < 4.78 is 37.2. The highest BCUT2D eigenvalue weighted by atomic mass is 19.1. The Hall–Kier alpha value is -3.93. The number of aryl methyl sites for hydroxylation is 1.